The van der Waals surface area contributed by atoms with Crippen molar-refractivity contribution in [2.75, 3.05) is 27.2 Å². The van der Waals surface area contributed by atoms with Gasteiger partial charge in [0.1, 0.15) is 5.69 Å². The van der Waals surface area contributed by atoms with Gasteiger partial charge in [0.25, 0.3) is 5.91 Å². The average Bonchev–Trinajstić information content (AvgIpc) is 2.49. The first-order valence-electron chi connectivity index (χ1n) is 6.20. The van der Waals surface area contributed by atoms with Gasteiger partial charge in [0.2, 0.25) is 5.91 Å². The van der Waals surface area contributed by atoms with E-state index in [1.54, 1.807) is 26.2 Å². The van der Waals surface area contributed by atoms with Crippen LogP contribution in [0, 0.1) is 11.8 Å². The lowest BCUT2D eigenvalue weighted by Gasteiger charge is -2.16. The molecule has 2 amide bonds. The molecule has 0 saturated carbocycles. The van der Waals surface area contributed by atoms with Gasteiger partial charge in [0, 0.05) is 33.3 Å². The Morgan fingerprint density at radius 1 is 1.50 bits per heavy atom. The van der Waals surface area contributed by atoms with Crippen molar-refractivity contribution in [2.24, 2.45) is 5.73 Å². The molecule has 20 heavy (non-hydrogen) atoms. The summed E-state index contributed by atoms with van der Waals surface area (Å²) >= 11 is 0. The lowest BCUT2D eigenvalue weighted by Crippen LogP contribution is -2.32. The second-order valence-corrected chi connectivity index (χ2v) is 4.06. The van der Waals surface area contributed by atoms with Gasteiger partial charge in [-0.1, -0.05) is 11.8 Å². The van der Waals surface area contributed by atoms with E-state index in [9.17, 15) is 9.59 Å². The summed E-state index contributed by atoms with van der Waals surface area (Å²) in [4.78, 5) is 29.0. The second-order valence-electron chi connectivity index (χ2n) is 4.06. The van der Waals surface area contributed by atoms with Gasteiger partial charge >= 0.3 is 0 Å². The smallest absolute Gasteiger partial charge is 0.273 e. The van der Waals surface area contributed by atoms with Gasteiger partial charge in [0.15, 0.2) is 0 Å². The molecule has 6 heteroatoms. The number of carbonyl (C=O) groups excluding carboxylic acids is 2. The van der Waals surface area contributed by atoms with E-state index in [4.69, 9.17) is 5.73 Å². The molecule has 0 aliphatic rings. The minimum atomic E-state index is -0.268. The number of hydrogen-bond acceptors (Lipinski definition) is 4. The highest BCUT2D eigenvalue weighted by Gasteiger charge is 2.16. The second kappa shape index (κ2) is 7.92. The maximum Gasteiger partial charge on any atom is 0.273 e. The molecule has 0 radical (unpaired) electrons. The molecule has 6 nitrogen and oxygen atoms in total. The summed E-state index contributed by atoms with van der Waals surface area (Å²) in [5, 5.41) is 2.51. The first kappa shape index (κ1) is 15.7. The first-order chi connectivity index (χ1) is 9.60. The Kier molecular flexibility index (Phi) is 6.20. The van der Waals surface area contributed by atoms with E-state index in [0.717, 1.165) is 0 Å². The van der Waals surface area contributed by atoms with Gasteiger partial charge in [-0.15, -0.1) is 0 Å². The number of hydrogen-bond donors (Lipinski definition) is 2. The van der Waals surface area contributed by atoms with Crippen molar-refractivity contribution in [1.82, 2.24) is 15.2 Å². The highest BCUT2D eigenvalue weighted by molar-refractivity contribution is 5.94. The first-order valence-corrected chi connectivity index (χ1v) is 6.20. The number of rotatable bonds is 4. The van der Waals surface area contributed by atoms with Gasteiger partial charge in [0.05, 0.1) is 12.1 Å². The van der Waals surface area contributed by atoms with Crippen LogP contribution >= 0.6 is 0 Å². The standard InChI is InChI=1S/C14H18N4O2/c1-16-12(19)7-10-18(2)14(20)13-11(5-3-8-15)6-4-9-17-13/h4,6,9H,7-8,10,15H2,1-2H3,(H,16,19). The molecule has 0 saturated heterocycles. The summed E-state index contributed by atoms with van der Waals surface area (Å²) in [6.45, 7) is 0.536. The fourth-order valence-electron chi connectivity index (χ4n) is 1.50. The molecular weight excluding hydrogens is 256 g/mol. The van der Waals surface area contributed by atoms with Crippen LogP contribution in [0.2, 0.25) is 0 Å². The third kappa shape index (κ3) is 4.37. The van der Waals surface area contributed by atoms with Gasteiger partial charge in [-0.2, -0.15) is 0 Å². The number of carbonyl (C=O) groups is 2. The minimum absolute atomic E-state index is 0.117. The molecule has 1 aromatic heterocycles. The van der Waals surface area contributed by atoms with Gasteiger partial charge in [-0.25, -0.2) is 4.98 Å². The van der Waals surface area contributed by atoms with Crippen molar-refractivity contribution in [1.29, 1.82) is 0 Å². The Balaban J connectivity index is 2.83. The molecular formula is C14H18N4O2. The fourth-order valence-corrected chi connectivity index (χ4v) is 1.50. The third-order valence-corrected chi connectivity index (χ3v) is 2.64. The maximum atomic E-state index is 12.3. The van der Waals surface area contributed by atoms with E-state index in [-0.39, 0.29) is 30.5 Å². The van der Waals surface area contributed by atoms with Gasteiger partial charge in [-0.3, -0.25) is 9.59 Å². The summed E-state index contributed by atoms with van der Waals surface area (Å²) in [7, 11) is 3.18. The maximum absolute atomic E-state index is 12.3. The van der Waals surface area contributed by atoms with Crippen molar-refractivity contribution in [3.63, 3.8) is 0 Å². The Labute approximate surface area is 118 Å². The van der Waals surface area contributed by atoms with E-state index in [0.29, 0.717) is 12.1 Å². The van der Waals surface area contributed by atoms with Gasteiger partial charge in [-0.05, 0) is 12.1 Å². The van der Waals surface area contributed by atoms with Crippen molar-refractivity contribution < 1.29 is 9.59 Å². The summed E-state index contributed by atoms with van der Waals surface area (Å²) in [6.07, 6.45) is 1.78. The number of amides is 2. The summed E-state index contributed by atoms with van der Waals surface area (Å²) in [6, 6.07) is 3.43. The predicted octanol–water partition coefficient (Wildman–Crippen LogP) is -0.400. The molecule has 0 atom stereocenters. The summed E-state index contributed by atoms with van der Waals surface area (Å²) in [5.74, 6) is 5.14. The monoisotopic (exact) mass is 274 g/mol. The van der Waals surface area contributed by atoms with Crippen LogP contribution in [0.5, 0.6) is 0 Å². The molecule has 1 heterocycles. The SMILES string of the molecule is CNC(=O)CCN(C)C(=O)c1ncccc1C#CCN. The van der Waals surface area contributed by atoms with Crippen molar-refractivity contribution in [3.05, 3.63) is 29.6 Å². The highest BCUT2D eigenvalue weighted by Crippen LogP contribution is 2.07. The van der Waals surface area contributed by atoms with Crippen LogP contribution in [0.15, 0.2) is 18.3 Å². The van der Waals surface area contributed by atoms with Crippen LogP contribution in [0.4, 0.5) is 0 Å². The molecule has 106 valence electrons. The summed E-state index contributed by atoms with van der Waals surface area (Å²) in [5.41, 5.74) is 6.13. The topological polar surface area (TPSA) is 88.3 Å². The average molecular weight is 274 g/mol. The van der Waals surface area contributed by atoms with Crippen LogP contribution in [0.3, 0.4) is 0 Å². The normalized spacial score (nSPS) is 9.35. The molecule has 1 aromatic rings. The lowest BCUT2D eigenvalue weighted by atomic mass is 10.1. The minimum Gasteiger partial charge on any atom is -0.359 e. The number of nitrogens with two attached hydrogens (primary N) is 1. The van der Waals surface area contributed by atoms with Crippen LogP contribution in [0.25, 0.3) is 0 Å². The molecule has 1 rings (SSSR count). The van der Waals surface area contributed by atoms with Crippen LogP contribution in [-0.2, 0) is 4.79 Å². The molecule has 0 bridgehead atoms. The fraction of sp³-hybridized carbons (Fsp3) is 0.357. The van der Waals surface area contributed by atoms with E-state index < -0.39 is 0 Å². The van der Waals surface area contributed by atoms with Crippen LogP contribution < -0.4 is 11.1 Å². The van der Waals surface area contributed by atoms with E-state index in [2.05, 4.69) is 22.1 Å². The van der Waals surface area contributed by atoms with Gasteiger partial charge < -0.3 is 16.0 Å². The Hall–Kier alpha value is -2.39. The van der Waals surface area contributed by atoms with Crippen molar-refractivity contribution in [2.45, 2.75) is 6.42 Å². The summed E-state index contributed by atoms with van der Waals surface area (Å²) < 4.78 is 0. The van der Waals surface area contributed by atoms with Crippen LogP contribution in [0.1, 0.15) is 22.5 Å². The number of nitrogens with zero attached hydrogens (tertiary/aromatic N) is 2. The molecule has 0 aliphatic heterocycles. The molecule has 0 aromatic carbocycles. The number of nitrogens with one attached hydrogen (secondary N) is 1. The quantitative estimate of drug-likeness (QED) is 0.731. The van der Waals surface area contributed by atoms with Crippen molar-refractivity contribution >= 4 is 11.8 Å². The zero-order valence-corrected chi connectivity index (χ0v) is 11.6. The number of pyridine rings is 1. The molecule has 0 fully saturated rings. The Morgan fingerprint density at radius 3 is 2.90 bits per heavy atom. The lowest BCUT2D eigenvalue weighted by molar-refractivity contribution is -0.120. The largest absolute Gasteiger partial charge is 0.359 e. The highest BCUT2D eigenvalue weighted by atomic mass is 16.2. The van der Waals surface area contributed by atoms with Crippen LogP contribution in [-0.4, -0.2) is 48.9 Å². The molecule has 0 spiro atoms. The zero-order chi connectivity index (χ0) is 15.0. The molecule has 3 N–H and O–H groups in total. The van der Waals surface area contributed by atoms with E-state index in [1.807, 2.05) is 0 Å². The third-order valence-electron chi connectivity index (χ3n) is 2.64. The Bertz CT molecular complexity index is 546. The van der Waals surface area contributed by atoms with E-state index >= 15 is 0 Å². The predicted molar refractivity (Wildman–Crippen MR) is 75.8 cm³/mol. The van der Waals surface area contributed by atoms with Crippen molar-refractivity contribution in [3.8, 4) is 11.8 Å². The molecule has 0 unspecified atom stereocenters. The Morgan fingerprint density at radius 2 is 2.25 bits per heavy atom. The number of aromatic nitrogens is 1. The molecule has 0 aliphatic carbocycles. The zero-order valence-electron chi connectivity index (χ0n) is 11.6. The van der Waals surface area contributed by atoms with E-state index in [1.165, 1.54) is 11.1 Å².